The molecule has 5 nitrogen and oxygen atoms in total. The lowest BCUT2D eigenvalue weighted by Gasteiger charge is -2.10. The number of methoxy groups -OCH3 is 2. The van der Waals surface area contributed by atoms with Gasteiger partial charge in [-0.15, -0.1) is 11.3 Å². The van der Waals surface area contributed by atoms with E-state index in [9.17, 15) is 0 Å². The SMILES string of the molecule is COc1ccc(-c2cc(=Nc3nc(-c4ccc(Br)cc4)cs3)c3cc(C)ccc3o2)cc1OC. The Morgan fingerprint density at radius 3 is 2.41 bits per heavy atom. The number of halogens is 1. The number of ether oxygens (including phenoxy) is 2. The summed E-state index contributed by atoms with van der Waals surface area (Å²) < 4.78 is 18.2. The molecule has 34 heavy (non-hydrogen) atoms. The van der Waals surface area contributed by atoms with E-state index in [1.807, 2.05) is 66.0 Å². The van der Waals surface area contributed by atoms with Gasteiger partial charge in [0.05, 0.1) is 25.3 Å². The Bertz CT molecular complexity index is 1560. The molecule has 0 bridgehead atoms. The number of nitrogens with zero attached hydrogens (tertiary/aromatic N) is 2. The molecule has 0 amide bonds. The number of aromatic nitrogens is 1. The van der Waals surface area contributed by atoms with Crippen LogP contribution >= 0.6 is 27.3 Å². The molecule has 0 N–H and O–H groups in total. The first-order valence-corrected chi connectivity index (χ1v) is 12.2. The summed E-state index contributed by atoms with van der Waals surface area (Å²) in [4.78, 5) is 9.68. The molecule has 0 atom stereocenters. The third kappa shape index (κ3) is 4.49. The van der Waals surface area contributed by atoms with Gasteiger partial charge in [-0.1, -0.05) is 39.7 Å². The van der Waals surface area contributed by atoms with Gasteiger partial charge in [0.2, 0.25) is 5.13 Å². The number of thiazole rings is 1. The second-order valence-electron chi connectivity index (χ2n) is 7.70. The Morgan fingerprint density at radius 1 is 0.882 bits per heavy atom. The highest BCUT2D eigenvalue weighted by Crippen LogP contribution is 2.33. The van der Waals surface area contributed by atoms with Crippen molar-refractivity contribution in [2.75, 3.05) is 14.2 Å². The van der Waals surface area contributed by atoms with E-state index in [4.69, 9.17) is 23.9 Å². The predicted octanol–water partition coefficient (Wildman–Crippen LogP) is 7.54. The molecule has 0 saturated carbocycles. The number of benzene rings is 3. The van der Waals surface area contributed by atoms with Crippen molar-refractivity contribution in [2.45, 2.75) is 6.92 Å². The Hall–Kier alpha value is -3.42. The summed E-state index contributed by atoms with van der Waals surface area (Å²) in [7, 11) is 3.24. The molecule has 0 fully saturated rings. The van der Waals surface area contributed by atoms with Crippen molar-refractivity contribution in [3.8, 4) is 34.1 Å². The molecule has 0 radical (unpaired) electrons. The van der Waals surface area contributed by atoms with Gasteiger partial charge in [-0.2, -0.15) is 0 Å². The van der Waals surface area contributed by atoms with E-state index in [1.165, 1.54) is 11.3 Å². The smallest absolute Gasteiger partial charge is 0.210 e. The van der Waals surface area contributed by atoms with E-state index in [2.05, 4.69) is 28.9 Å². The zero-order chi connectivity index (χ0) is 23.7. The maximum atomic E-state index is 6.26. The van der Waals surface area contributed by atoms with Crippen molar-refractivity contribution in [3.63, 3.8) is 0 Å². The summed E-state index contributed by atoms with van der Waals surface area (Å²) in [6.45, 7) is 2.06. The number of hydrogen-bond acceptors (Lipinski definition) is 6. The van der Waals surface area contributed by atoms with Crippen LogP contribution in [0, 0.1) is 6.92 Å². The summed E-state index contributed by atoms with van der Waals surface area (Å²) in [5.41, 5.74) is 4.70. The summed E-state index contributed by atoms with van der Waals surface area (Å²) in [5, 5.41) is 4.44. The van der Waals surface area contributed by atoms with Crippen molar-refractivity contribution in [1.82, 2.24) is 4.98 Å². The highest BCUT2D eigenvalue weighted by atomic mass is 79.9. The average Bonchev–Trinajstić information content (AvgIpc) is 3.32. The molecule has 0 spiro atoms. The highest BCUT2D eigenvalue weighted by Gasteiger charge is 2.11. The van der Waals surface area contributed by atoms with Crippen LogP contribution < -0.4 is 14.8 Å². The fraction of sp³-hybridized carbons (Fsp3) is 0.111. The maximum Gasteiger partial charge on any atom is 0.210 e. The van der Waals surface area contributed by atoms with Gasteiger partial charge in [-0.25, -0.2) is 9.98 Å². The molecule has 0 aliphatic carbocycles. The molecule has 170 valence electrons. The lowest BCUT2D eigenvalue weighted by Crippen LogP contribution is -2.03. The second kappa shape index (κ2) is 9.44. The standard InChI is InChI=1S/C27H21BrN2O3S/c1-16-4-10-23-20(12-16)21(14-25(33-23)18-7-11-24(31-2)26(13-18)32-3)29-27-30-22(15-34-27)17-5-8-19(28)9-6-17/h4-15H,1-3H3. The third-order valence-electron chi connectivity index (χ3n) is 5.41. The Balaban J connectivity index is 1.65. The molecule has 5 rings (SSSR count). The van der Waals surface area contributed by atoms with E-state index >= 15 is 0 Å². The number of fused-ring (bicyclic) bond motifs is 1. The van der Waals surface area contributed by atoms with E-state index in [1.54, 1.807) is 14.2 Å². The van der Waals surface area contributed by atoms with E-state index in [-0.39, 0.29) is 0 Å². The average molecular weight is 533 g/mol. The zero-order valence-corrected chi connectivity index (χ0v) is 21.2. The minimum absolute atomic E-state index is 0.636. The Labute approximate surface area is 209 Å². The van der Waals surface area contributed by atoms with Crippen molar-refractivity contribution in [3.05, 3.63) is 87.5 Å². The summed E-state index contributed by atoms with van der Waals surface area (Å²) in [6.07, 6.45) is 0. The van der Waals surface area contributed by atoms with Crippen LogP contribution in [-0.4, -0.2) is 19.2 Å². The number of hydrogen-bond donors (Lipinski definition) is 0. The molecular formula is C27H21BrN2O3S. The van der Waals surface area contributed by atoms with Gasteiger partial charge in [0.1, 0.15) is 11.3 Å². The van der Waals surface area contributed by atoms with Crippen molar-refractivity contribution >= 4 is 43.4 Å². The first-order valence-electron chi connectivity index (χ1n) is 10.6. The van der Waals surface area contributed by atoms with E-state index < -0.39 is 0 Å². The summed E-state index contributed by atoms with van der Waals surface area (Å²) in [5.74, 6) is 1.98. The lowest BCUT2D eigenvalue weighted by molar-refractivity contribution is 0.355. The van der Waals surface area contributed by atoms with Crippen molar-refractivity contribution < 1.29 is 13.9 Å². The molecule has 5 aromatic rings. The Kier molecular flexibility index (Phi) is 6.22. The molecule has 7 heteroatoms. The van der Waals surface area contributed by atoms with Crippen LogP contribution in [0.4, 0.5) is 5.13 Å². The van der Waals surface area contributed by atoms with Crippen LogP contribution in [0.3, 0.4) is 0 Å². The normalized spacial score (nSPS) is 11.7. The molecular weight excluding hydrogens is 512 g/mol. The van der Waals surface area contributed by atoms with E-state index in [0.717, 1.165) is 43.2 Å². The van der Waals surface area contributed by atoms with Gasteiger partial charge in [-0.05, 0) is 49.4 Å². The minimum Gasteiger partial charge on any atom is -0.493 e. The van der Waals surface area contributed by atoms with Crippen LogP contribution in [0.25, 0.3) is 33.6 Å². The van der Waals surface area contributed by atoms with Gasteiger partial charge < -0.3 is 13.9 Å². The number of rotatable bonds is 5. The molecule has 2 heterocycles. The number of aryl methyl sites for hydroxylation is 1. The topological polar surface area (TPSA) is 56.9 Å². The molecule has 0 unspecified atom stereocenters. The lowest BCUT2D eigenvalue weighted by atomic mass is 10.1. The van der Waals surface area contributed by atoms with Gasteiger partial charge in [-0.3, -0.25) is 0 Å². The van der Waals surface area contributed by atoms with Gasteiger partial charge in [0, 0.05) is 32.4 Å². The quantitative estimate of drug-likeness (QED) is 0.234. The highest BCUT2D eigenvalue weighted by molar-refractivity contribution is 9.10. The van der Waals surface area contributed by atoms with Gasteiger partial charge >= 0.3 is 0 Å². The van der Waals surface area contributed by atoms with Gasteiger partial charge in [0.25, 0.3) is 0 Å². The minimum atomic E-state index is 0.636. The monoisotopic (exact) mass is 532 g/mol. The zero-order valence-electron chi connectivity index (χ0n) is 18.8. The third-order valence-corrected chi connectivity index (χ3v) is 6.68. The van der Waals surface area contributed by atoms with Crippen LogP contribution in [0.15, 0.2) is 86.0 Å². The van der Waals surface area contributed by atoms with E-state index in [0.29, 0.717) is 22.4 Å². The molecule has 0 aliphatic rings. The fourth-order valence-electron chi connectivity index (χ4n) is 3.68. The van der Waals surface area contributed by atoms with Crippen molar-refractivity contribution in [2.24, 2.45) is 4.99 Å². The first-order chi connectivity index (χ1) is 16.5. The van der Waals surface area contributed by atoms with Crippen LogP contribution in [0.1, 0.15) is 5.56 Å². The maximum absolute atomic E-state index is 6.26. The Morgan fingerprint density at radius 2 is 1.65 bits per heavy atom. The molecule has 0 saturated heterocycles. The molecule has 3 aromatic carbocycles. The van der Waals surface area contributed by atoms with Crippen LogP contribution in [0.5, 0.6) is 11.5 Å². The van der Waals surface area contributed by atoms with Crippen LogP contribution in [-0.2, 0) is 0 Å². The largest absolute Gasteiger partial charge is 0.493 e. The molecule has 0 aliphatic heterocycles. The summed E-state index contributed by atoms with van der Waals surface area (Å²) >= 11 is 4.99. The fourth-order valence-corrected chi connectivity index (χ4v) is 4.65. The first kappa shape index (κ1) is 22.4. The van der Waals surface area contributed by atoms with Crippen molar-refractivity contribution in [1.29, 1.82) is 0 Å². The predicted molar refractivity (Wildman–Crippen MR) is 140 cm³/mol. The second-order valence-corrected chi connectivity index (χ2v) is 9.45. The summed E-state index contributed by atoms with van der Waals surface area (Å²) in [6, 6.07) is 21.8. The molecule has 2 aromatic heterocycles. The van der Waals surface area contributed by atoms with Crippen LogP contribution in [0.2, 0.25) is 0 Å². The van der Waals surface area contributed by atoms with Gasteiger partial charge in [0.15, 0.2) is 11.5 Å².